The summed E-state index contributed by atoms with van der Waals surface area (Å²) in [6.45, 7) is 0.549. The number of nitrogens with zero attached hydrogens (tertiary/aromatic N) is 1. The Kier molecular flexibility index (Phi) is 4.29. The van der Waals surface area contributed by atoms with Crippen molar-refractivity contribution in [2.45, 2.75) is 31.4 Å². The van der Waals surface area contributed by atoms with E-state index < -0.39 is 29.4 Å². The minimum Gasteiger partial charge on any atom is -0.334 e. The Bertz CT molecular complexity index is 478. The molecule has 4 nitrogen and oxygen atoms in total. The summed E-state index contributed by atoms with van der Waals surface area (Å²) < 4.78 is 40.7. The second-order valence-electron chi connectivity index (χ2n) is 4.80. The lowest BCUT2D eigenvalue weighted by Gasteiger charge is -2.33. The predicted molar refractivity (Wildman–Crippen MR) is 67.0 cm³/mol. The molecule has 1 aliphatic heterocycles. The van der Waals surface area contributed by atoms with Crippen molar-refractivity contribution in [3.05, 3.63) is 35.6 Å². The van der Waals surface area contributed by atoms with Crippen LogP contribution in [0.3, 0.4) is 0 Å². The molecule has 0 bridgehead atoms. The molecular formula is C13H16F3N3O. The maximum atomic E-state index is 14.0. The second-order valence-corrected chi connectivity index (χ2v) is 4.80. The Labute approximate surface area is 114 Å². The molecule has 1 aliphatic rings. The zero-order valence-electron chi connectivity index (χ0n) is 10.8. The molecule has 3 N–H and O–H groups in total. The fourth-order valence-electron chi connectivity index (χ4n) is 2.14. The lowest BCUT2D eigenvalue weighted by molar-refractivity contribution is -0.149. The average Bonchev–Trinajstić information content (AvgIpc) is 2.41. The van der Waals surface area contributed by atoms with E-state index in [2.05, 4.69) is 5.32 Å². The lowest BCUT2D eigenvalue weighted by atomic mass is 10.1. The van der Waals surface area contributed by atoms with E-state index in [1.54, 1.807) is 0 Å². The molecule has 0 aliphatic carbocycles. The quantitative estimate of drug-likeness (QED) is 0.832. The highest BCUT2D eigenvalue weighted by Gasteiger charge is 2.42. The van der Waals surface area contributed by atoms with E-state index in [1.807, 2.05) is 0 Å². The number of hydrazine groups is 1. The number of amides is 1. The van der Waals surface area contributed by atoms with Gasteiger partial charge in [0.2, 0.25) is 0 Å². The van der Waals surface area contributed by atoms with Gasteiger partial charge in [0.1, 0.15) is 5.82 Å². The third-order valence-electron chi connectivity index (χ3n) is 3.33. The number of hydrogen-bond donors (Lipinski definition) is 2. The van der Waals surface area contributed by atoms with Gasteiger partial charge in [0, 0.05) is 12.1 Å². The summed E-state index contributed by atoms with van der Waals surface area (Å²) in [6, 6.07) is 3.59. The number of carbonyl (C=O) groups excluding carboxylic acids is 1. The van der Waals surface area contributed by atoms with Gasteiger partial charge in [-0.3, -0.25) is 10.6 Å². The number of rotatable bonds is 3. The van der Waals surface area contributed by atoms with Crippen molar-refractivity contribution >= 4 is 5.91 Å². The van der Waals surface area contributed by atoms with Crippen molar-refractivity contribution in [3.8, 4) is 0 Å². The van der Waals surface area contributed by atoms with E-state index >= 15 is 0 Å². The Morgan fingerprint density at radius 1 is 1.30 bits per heavy atom. The summed E-state index contributed by atoms with van der Waals surface area (Å²) in [6.07, 6.45) is 1.63. The highest BCUT2D eigenvalue weighted by atomic mass is 19.3. The molecule has 20 heavy (non-hydrogen) atoms. The number of nitrogens with one attached hydrogen (secondary N) is 1. The van der Waals surface area contributed by atoms with E-state index in [0.717, 1.165) is 37.1 Å². The molecular weight excluding hydrogens is 271 g/mol. The standard InChI is InChI=1S/C13H16F3N3O/c14-10-6-4-9(5-7-10)13(15,16)12(20)18-11-3-1-2-8-19(11)17/h4-7,11H,1-3,8,17H2,(H,18,20). The molecule has 1 aromatic carbocycles. The van der Waals surface area contributed by atoms with Gasteiger partial charge >= 0.3 is 5.92 Å². The highest BCUT2D eigenvalue weighted by molar-refractivity contribution is 5.84. The van der Waals surface area contributed by atoms with Gasteiger partial charge in [0.25, 0.3) is 5.91 Å². The predicted octanol–water partition coefficient (Wildman–Crippen LogP) is 1.72. The SMILES string of the molecule is NN1CCCCC1NC(=O)C(F)(F)c1ccc(F)cc1. The smallest absolute Gasteiger partial charge is 0.334 e. The highest BCUT2D eigenvalue weighted by Crippen LogP contribution is 2.28. The fourth-order valence-corrected chi connectivity index (χ4v) is 2.14. The molecule has 0 spiro atoms. The third-order valence-corrected chi connectivity index (χ3v) is 3.33. The van der Waals surface area contributed by atoms with Gasteiger partial charge in [-0.15, -0.1) is 0 Å². The number of hydrogen-bond acceptors (Lipinski definition) is 3. The molecule has 2 rings (SSSR count). The lowest BCUT2D eigenvalue weighted by Crippen LogP contribution is -2.56. The molecule has 1 saturated heterocycles. The summed E-state index contributed by atoms with van der Waals surface area (Å²) in [5.41, 5.74) is -0.546. The van der Waals surface area contributed by atoms with Crippen molar-refractivity contribution in [2.75, 3.05) is 6.54 Å². The van der Waals surface area contributed by atoms with Gasteiger partial charge in [-0.25, -0.2) is 9.40 Å². The minimum absolute atomic E-state index is 0.530. The number of benzene rings is 1. The van der Waals surface area contributed by atoms with Crippen LogP contribution in [0.15, 0.2) is 24.3 Å². The molecule has 1 fully saturated rings. The maximum Gasteiger partial charge on any atom is 0.349 e. The van der Waals surface area contributed by atoms with Gasteiger partial charge in [-0.2, -0.15) is 8.78 Å². The van der Waals surface area contributed by atoms with Crippen LogP contribution in [0.1, 0.15) is 24.8 Å². The van der Waals surface area contributed by atoms with Crippen LogP contribution in [-0.2, 0) is 10.7 Å². The van der Waals surface area contributed by atoms with Crippen molar-refractivity contribution < 1.29 is 18.0 Å². The van der Waals surface area contributed by atoms with E-state index in [1.165, 1.54) is 5.01 Å². The van der Waals surface area contributed by atoms with Crippen LogP contribution in [0.5, 0.6) is 0 Å². The van der Waals surface area contributed by atoms with E-state index in [-0.39, 0.29) is 0 Å². The first-order valence-electron chi connectivity index (χ1n) is 6.37. The summed E-state index contributed by atoms with van der Waals surface area (Å²) in [7, 11) is 0. The van der Waals surface area contributed by atoms with Crippen molar-refractivity contribution in [1.29, 1.82) is 0 Å². The number of carbonyl (C=O) groups is 1. The number of piperidine rings is 1. The van der Waals surface area contributed by atoms with Gasteiger partial charge in [0.05, 0.1) is 6.17 Å². The molecule has 0 aromatic heterocycles. The monoisotopic (exact) mass is 287 g/mol. The first kappa shape index (κ1) is 14.8. The molecule has 1 aromatic rings. The number of halogens is 3. The molecule has 1 atom stereocenters. The summed E-state index contributed by atoms with van der Waals surface area (Å²) in [5.74, 6) is -0.122. The van der Waals surface area contributed by atoms with Crippen LogP contribution in [0.25, 0.3) is 0 Å². The molecule has 0 saturated carbocycles. The Hall–Kier alpha value is -1.60. The van der Waals surface area contributed by atoms with E-state index in [9.17, 15) is 18.0 Å². The fraction of sp³-hybridized carbons (Fsp3) is 0.462. The second kappa shape index (κ2) is 5.80. The third kappa shape index (κ3) is 3.10. The summed E-state index contributed by atoms with van der Waals surface area (Å²) >= 11 is 0. The molecule has 110 valence electrons. The zero-order chi connectivity index (χ0) is 14.8. The van der Waals surface area contributed by atoms with Gasteiger partial charge in [0.15, 0.2) is 0 Å². The topological polar surface area (TPSA) is 58.4 Å². The summed E-state index contributed by atoms with van der Waals surface area (Å²) in [5, 5.41) is 3.59. The van der Waals surface area contributed by atoms with Crippen molar-refractivity contribution in [1.82, 2.24) is 10.3 Å². The van der Waals surface area contributed by atoms with E-state index in [0.29, 0.717) is 13.0 Å². The minimum atomic E-state index is -3.72. The van der Waals surface area contributed by atoms with E-state index in [4.69, 9.17) is 5.84 Å². The van der Waals surface area contributed by atoms with Crippen LogP contribution in [0.4, 0.5) is 13.2 Å². The normalized spacial score (nSPS) is 20.7. The molecule has 1 heterocycles. The molecule has 7 heteroatoms. The van der Waals surface area contributed by atoms with Crippen LogP contribution in [0, 0.1) is 5.82 Å². The Balaban J connectivity index is 2.08. The van der Waals surface area contributed by atoms with Crippen LogP contribution in [0.2, 0.25) is 0 Å². The maximum absolute atomic E-state index is 14.0. The van der Waals surface area contributed by atoms with Gasteiger partial charge in [-0.05, 0) is 43.5 Å². The average molecular weight is 287 g/mol. The molecule has 1 unspecified atom stereocenters. The number of alkyl halides is 2. The molecule has 1 amide bonds. The van der Waals surface area contributed by atoms with Gasteiger partial charge < -0.3 is 5.32 Å². The van der Waals surface area contributed by atoms with Gasteiger partial charge in [-0.1, -0.05) is 0 Å². The van der Waals surface area contributed by atoms with Crippen molar-refractivity contribution in [3.63, 3.8) is 0 Å². The van der Waals surface area contributed by atoms with Crippen LogP contribution < -0.4 is 11.2 Å². The largest absolute Gasteiger partial charge is 0.349 e. The molecule has 0 radical (unpaired) electrons. The first-order chi connectivity index (χ1) is 9.41. The number of nitrogens with two attached hydrogens (primary N) is 1. The Morgan fingerprint density at radius 3 is 2.55 bits per heavy atom. The zero-order valence-corrected chi connectivity index (χ0v) is 10.8. The van der Waals surface area contributed by atoms with Crippen molar-refractivity contribution in [2.24, 2.45) is 5.84 Å². The van der Waals surface area contributed by atoms with Crippen LogP contribution >= 0.6 is 0 Å². The summed E-state index contributed by atoms with van der Waals surface area (Å²) in [4.78, 5) is 11.7. The Morgan fingerprint density at radius 2 is 1.95 bits per heavy atom. The van der Waals surface area contributed by atoms with Crippen LogP contribution in [-0.4, -0.2) is 23.6 Å². The first-order valence-corrected chi connectivity index (χ1v) is 6.37.